The van der Waals surface area contributed by atoms with E-state index >= 15 is 0 Å². The predicted octanol–water partition coefficient (Wildman–Crippen LogP) is 2.61. The summed E-state index contributed by atoms with van der Waals surface area (Å²) in [5, 5.41) is 3.16. The first-order valence-electron chi connectivity index (χ1n) is 9.56. The van der Waals surface area contributed by atoms with Crippen molar-refractivity contribution in [1.29, 1.82) is 0 Å². The van der Waals surface area contributed by atoms with E-state index in [-0.39, 0.29) is 11.4 Å². The van der Waals surface area contributed by atoms with Crippen LogP contribution in [0.15, 0.2) is 30.3 Å². The molecular formula is C20H30N2O3. The SMILES string of the molecule is O=C(CCOc1ccccc1)NCC1(N2CCCCC2)CCOCC1. The Morgan fingerprint density at radius 1 is 1.12 bits per heavy atom. The molecule has 0 unspecified atom stereocenters. The number of ether oxygens (including phenoxy) is 2. The number of rotatable bonds is 7. The van der Waals surface area contributed by atoms with Crippen LogP contribution in [0.2, 0.25) is 0 Å². The van der Waals surface area contributed by atoms with Crippen molar-refractivity contribution in [2.75, 3.05) is 39.5 Å². The van der Waals surface area contributed by atoms with Gasteiger partial charge in [0.25, 0.3) is 0 Å². The monoisotopic (exact) mass is 346 g/mol. The number of benzene rings is 1. The van der Waals surface area contributed by atoms with E-state index in [2.05, 4.69) is 10.2 Å². The van der Waals surface area contributed by atoms with Crippen molar-refractivity contribution >= 4 is 5.91 Å². The quantitative estimate of drug-likeness (QED) is 0.824. The molecule has 1 amide bonds. The molecule has 1 aromatic rings. The van der Waals surface area contributed by atoms with E-state index in [0.717, 1.165) is 51.4 Å². The lowest BCUT2D eigenvalue weighted by molar-refractivity contribution is -0.123. The number of piperidine rings is 1. The summed E-state index contributed by atoms with van der Waals surface area (Å²) in [6.45, 7) is 5.02. The molecule has 0 atom stereocenters. The van der Waals surface area contributed by atoms with Gasteiger partial charge in [0.2, 0.25) is 5.91 Å². The van der Waals surface area contributed by atoms with Gasteiger partial charge >= 0.3 is 0 Å². The highest BCUT2D eigenvalue weighted by Crippen LogP contribution is 2.30. The maximum absolute atomic E-state index is 12.3. The summed E-state index contributed by atoms with van der Waals surface area (Å²) in [5.74, 6) is 0.878. The van der Waals surface area contributed by atoms with Gasteiger partial charge in [0.1, 0.15) is 5.75 Å². The Balaban J connectivity index is 1.46. The lowest BCUT2D eigenvalue weighted by atomic mass is 9.86. The van der Waals surface area contributed by atoms with Gasteiger partial charge in [0, 0.05) is 25.3 Å². The molecule has 5 heteroatoms. The normalized spacial score (nSPS) is 20.8. The lowest BCUT2D eigenvalue weighted by Crippen LogP contribution is -2.59. The van der Waals surface area contributed by atoms with Crippen molar-refractivity contribution < 1.29 is 14.3 Å². The number of carbonyl (C=O) groups excluding carboxylic acids is 1. The van der Waals surface area contributed by atoms with Crippen LogP contribution in [-0.2, 0) is 9.53 Å². The average Bonchev–Trinajstić information content (AvgIpc) is 2.69. The number of likely N-dealkylation sites (tertiary alicyclic amines) is 1. The highest BCUT2D eigenvalue weighted by Gasteiger charge is 2.39. The van der Waals surface area contributed by atoms with E-state index < -0.39 is 0 Å². The fraction of sp³-hybridized carbons (Fsp3) is 0.650. The second-order valence-electron chi connectivity index (χ2n) is 7.07. The minimum atomic E-state index is 0.0683. The minimum Gasteiger partial charge on any atom is -0.493 e. The zero-order chi connectivity index (χ0) is 17.4. The zero-order valence-electron chi connectivity index (χ0n) is 15.0. The molecule has 2 saturated heterocycles. The molecule has 2 aliphatic rings. The predicted molar refractivity (Wildman–Crippen MR) is 97.8 cm³/mol. The molecule has 2 heterocycles. The first-order valence-corrected chi connectivity index (χ1v) is 9.56. The number of hydrogen-bond donors (Lipinski definition) is 1. The lowest BCUT2D eigenvalue weighted by Gasteiger charge is -2.48. The Kier molecular flexibility index (Phi) is 6.70. The molecule has 2 fully saturated rings. The van der Waals surface area contributed by atoms with E-state index in [4.69, 9.17) is 9.47 Å². The number of hydrogen-bond acceptors (Lipinski definition) is 4. The minimum absolute atomic E-state index is 0.0683. The second-order valence-corrected chi connectivity index (χ2v) is 7.07. The largest absolute Gasteiger partial charge is 0.493 e. The Morgan fingerprint density at radius 3 is 2.56 bits per heavy atom. The summed E-state index contributed by atoms with van der Waals surface area (Å²) >= 11 is 0. The van der Waals surface area contributed by atoms with E-state index in [1.165, 1.54) is 19.3 Å². The van der Waals surface area contributed by atoms with Gasteiger partial charge in [0.05, 0.1) is 13.0 Å². The number of nitrogens with one attached hydrogen (secondary N) is 1. The van der Waals surface area contributed by atoms with Gasteiger partial charge in [-0.15, -0.1) is 0 Å². The summed E-state index contributed by atoms with van der Waals surface area (Å²) in [6.07, 6.45) is 6.26. The van der Waals surface area contributed by atoms with E-state index in [1.54, 1.807) is 0 Å². The van der Waals surface area contributed by atoms with Crippen molar-refractivity contribution in [3.63, 3.8) is 0 Å². The number of para-hydroxylation sites is 1. The summed E-state index contributed by atoms with van der Waals surface area (Å²) in [6, 6.07) is 9.63. The summed E-state index contributed by atoms with van der Waals surface area (Å²) in [7, 11) is 0. The Bertz CT molecular complexity index is 523. The zero-order valence-corrected chi connectivity index (χ0v) is 15.0. The van der Waals surface area contributed by atoms with Crippen LogP contribution in [0.1, 0.15) is 38.5 Å². The Morgan fingerprint density at radius 2 is 1.84 bits per heavy atom. The van der Waals surface area contributed by atoms with Crippen LogP contribution in [0.4, 0.5) is 0 Å². The topological polar surface area (TPSA) is 50.8 Å². The highest BCUT2D eigenvalue weighted by molar-refractivity contribution is 5.76. The van der Waals surface area contributed by atoms with E-state index in [1.807, 2.05) is 30.3 Å². The van der Waals surface area contributed by atoms with Crippen LogP contribution in [0.3, 0.4) is 0 Å². The highest BCUT2D eigenvalue weighted by atomic mass is 16.5. The maximum atomic E-state index is 12.3. The van der Waals surface area contributed by atoms with Crippen molar-refractivity contribution in [3.8, 4) is 5.75 Å². The Hall–Kier alpha value is -1.59. The molecule has 5 nitrogen and oxygen atoms in total. The fourth-order valence-electron chi connectivity index (χ4n) is 3.85. The van der Waals surface area contributed by atoms with Gasteiger partial charge in [-0.25, -0.2) is 0 Å². The van der Waals surface area contributed by atoms with Gasteiger partial charge in [-0.2, -0.15) is 0 Å². The van der Waals surface area contributed by atoms with Crippen molar-refractivity contribution in [1.82, 2.24) is 10.2 Å². The molecule has 3 rings (SSSR count). The van der Waals surface area contributed by atoms with Crippen molar-refractivity contribution in [2.45, 2.75) is 44.1 Å². The Labute approximate surface area is 150 Å². The van der Waals surface area contributed by atoms with Crippen molar-refractivity contribution in [2.24, 2.45) is 0 Å². The molecular weight excluding hydrogens is 316 g/mol. The molecule has 0 aliphatic carbocycles. The fourth-order valence-corrected chi connectivity index (χ4v) is 3.85. The molecule has 0 spiro atoms. The van der Waals surface area contributed by atoms with Crippen LogP contribution in [0.25, 0.3) is 0 Å². The molecule has 2 aliphatic heterocycles. The summed E-state index contributed by atoms with van der Waals surface area (Å²) < 4.78 is 11.2. The van der Waals surface area contributed by atoms with Crippen LogP contribution < -0.4 is 10.1 Å². The third-order valence-corrected chi connectivity index (χ3v) is 5.41. The second kappa shape index (κ2) is 9.20. The van der Waals surface area contributed by atoms with Gasteiger partial charge in [0.15, 0.2) is 0 Å². The summed E-state index contributed by atoms with van der Waals surface area (Å²) in [4.78, 5) is 14.9. The summed E-state index contributed by atoms with van der Waals surface area (Å²) in [5.41, 5.74) is 0.0780. The van der Waals surface area contributed by atoms with Crippen LogP contribution >= 0.6 is 0 Å². The number of carbonyl (C=O) groups is 1. The van der Waals surface area contributed by atoms with E-state index in [0.29, 0.717) is 13.0 Å². The third-order valence-electron chi connectivity index (χ3n) is 5.41. The first-order chi connectivity index (χ1) is 12.3. The van der Waals surface area contributed by atoms with Crippen molar-refractivity contribution in [3.05, 3.63) is 30.3 Å². The maximum Gasteiger partial charge on any atom is 0.223 e. The molecule has 25 heavy (non-hydrogen) atoms. The van der Waals surface area contributed by atoms with Crippen LogP contribution in [0.5, 0.6) is 5.75 Å². The van der Waals surface area contributed by atoms with E-state index in [9.17, 15) is 4.79 Å². The average molecular weight is 346 g/mol. The number of nitrogens with zero attached hydrogens (tertiary/aromatic N) is 1. The standard InChI is InChI=1S/C20H30N2O3/c23-19(9-14-25-18-7-3-1-4-8-18)21-17-20(10-15-24-16-11-20)22-12-5-2-6-13-22/h1,3-4,7-8H,2,5-6,9-17H2,(H,21,23). The van der Waals surface area contributed by atoms with Gasteiger partial charge in [-0.1, -0.05) is 24.6 Å². The molecule has 0 saturated carbocycles. The molecule has 1 aromatic carbocycles. The molecule has 138 valence electrons. The molecule has 0 bridgehead atoms. The molecule has 0 aromatic heterocycles. The third kappa shape index (κ3) is 5.19. The number of amides is 1. The first kappa shape index (κ1) is 18.2. The van der Waals surface area contributed by atoms with Gasteiger partial charge in [-0.05, 0) is 50.9 Å². The van der Waals surface area contributed by atoms with Gasteiger partial charge < -0.3 is 14.8 Å². The smallest absolute Gasteiger partial charge is 0.223 e. The molecule has 0 radical (unpaired) electrons. The van der Waals surface area contributed by atoms with Crippen LogP contribution in [-0.4, -0.2) is 55.8 Å². The van der Waals surface area contributed by atoms with Gasteiger partial charge in [-0.3, -0.25) is 9.69 Å². The van der Waals surface area contributed by atoms with Crippen LogP contribution in [0, 0.1) is 0 Å². The molecule has 1 N–H and O–H groups in total.